The minimum atomic E-state index is -4.64. The second kappa shape index (κ2) is 6.33. The van der Waals surface area contributed by atoms with Crippen LogP contribution in [-0.4, -0.2) is 4.98 Å². The Hall–Kier alpha value is -1.48. The molecule has 0 atom stereocenters. The predicted octanol–water partition coefficient (Wildman–Crippen LogP) is 5.79. The summed E-state index contributed by atoms with van der Waals surface area (Å²) in [4.78, 5) is 3.72. The van der Waals surface area contributed by atoms with Crippen molar-refractivity contribution in [2.45, 2.75) is 12.6 Å². The van der Waals surface area contributed by atoms with Crippen LogP contribution in [0.25, 0.3) is 11.1 Å². The van der Waals surface area contributed by atoms with Crippen molar-refractivity contribution >= 4 is 34.8 Å². The Kier molecular flexibility index (Phi) is 4.86. The second-order valence-electron chi connectivity index (χ2n) is 4.30. The van der Waals surface area contributed by atoms with E-state index in [-0.39, 0.29) is 31.9 Å². The number of rotatable bonds is 2. The van der Waals surface area contributed by atoms with Gasteiger partial charge in [-0.1, -0.05) is 34.8 Å². The lowest BCUT2D eigenvalue weighted by atomic mass is 10.0. The molecule has 0 bridgehead atoms. The van der Waals surface area contributed by atoms with Gasteiger partial charge in [0.15, 0.2) is 0 Å². The fraction of sp³-hybridized carbons (Fsp3) is 0.143. The van der Waals surface area contributed by atoms with Gasteiger partial charge in [0.25, 0.3) is 0 Å². The van der Waals surface area contributed by atoms with Gasteiger partial charge in [0, 0.05) is 22.3 Å². The largest absolute Gasteiger partial charge is 0.418 e. The Labute approximate surface area is 139 Å². The van der Waals surface area contributed by atoms with Crippen molar-refractivity contribution in [2.24, 2.45) is 0 Å². The van der Waals surface area contributed by atoms with E-state index in [1.807, 2.05) is 0 Å². The zero-order valence-corrected chi connectivity index (χ0v) is 12.9. The summed E-state index contributed by atoms with van der Waals surface area (Å²) in [5.41, 5.74) is -1.04. The van der Waals surface area contributed by atoms with E-state index in [4.69, 9.17) is 40.1 Å². The van der Waals surface area contributed by atoms with Gasteiger partial charge in [-0.25, -0.2) is 0 Å². The Morgan fingerprint density at radius 2 is 1.68 bits per heavy atom. The van der Waals surface area contributed by atoms with Crippen LogP contribution in [0, 0.1) is 11.3 Å². The van der Waals surface area contributed by atoms with Gasteiger partial charge in [-0.2, -0.15) is 18.4 Å². The third kappa shape index (κ3) is 3.46. The Balaban J connectivity index is 2.67. The molecule has 2 nitrogen and oxygen atoms in total. The first-order valence-corrected chi connectivity index (χ1v) is 6.95. The Bertz CT molecular complexity index is 744. The topological polar surface area (TPSA) is 36.7 Å². The third-order valence-corrected chi connectivity index (χ3v) is 3.63. The number of nitriles is 1. The van der Waals surface area contributed by atoms with E-state index in [0.717, 1.165) is 6.07 Å². The molecule has 0 aliphatic heterocycles. The molecule has 0 fully saturated rings. The zero-order valence-electron chi connectivity index (χ0n) is 10.7. The maximum atomic E-state index is 13.1. The van der Waals surface area contributed by atoms with Gasteiger partial charge >= 0.3 is 6.18 Å². The molecule has 0 radical (unpaired) electrons. The molecular formula is C14H6Cl3F3N2. The first-order valence-electron chi connectivity index (χ1n) is 5.82. The molecule has 0 aliphatic rings. The lowest BCUT2D eigenvalue weighted by Gasteiger charge is -2.14. The molecule has 0 saturated heterocycles. The van der Waals surface area contributed by atoms with Crippen LogP contribution in [0.4, 0.5) is 13.2 Å². The summed E-state index contributed by atoms with van der Waals surface area (Å²) in [6, 6.07) is 5.28. The summed E-state index contributed by atoms with van der Waals surface area (Å²) in [6.07, 6.45) is -3.89. The van der Waals surface area contributed by atoms with E-state index in [1.165, 1.54) is 18.3 Å². The molecule has 8 heteroatoms. The van der Waals surface area contributed by atoms with Crippen molar-refractivity contribution in [3.63, 3.8) is 0 Å². The number of nitrogens with zero attached hydrogens (tertiary/aromatic N) is 2. The molecule has 0 aliphatic carbocycles. The SMILES string of the molecule is N#CCc1ncc(-c2c(Cl)cc(Cl)cc2Cl)cc1C(F)(F)F. The number of hydrogen-bond donors (Lipinski definition) is 0. The monoisotopic (exact) mass is 364 g/mol. The lowest BCUT2D eigenvalue weighted by molar-refractivity contribution is -0.138. The van der Waals surface area contributed by atoms with Crippen molar-refractivity contribution in [1.29, 1.82) is 5.26 Å². The van der Waals surface area contributed by atoms with Gasteiger partial charge in [0.2, 0.25) is 0 Å². The van der Waals surface area contributed by atoms with Crippen LogP contribution in [0.3, 0.4) is 0 Å². The van der Waals surface area contributed by atoms with E-state index < -0.39 is 18.2 Å². The highest BCUT2D eigenvalue weighted by Gasteiger charge is 2.34. The Morgan fingerprint density at radius 3 is 2.18 bits per heavy atom. The average Bonchev–Trinajstić information content (AvgIpc) is 2.38. The number of hydrogen-bond acceptors (Lipinski definition) is 2. The molecule has 2 rings (SSSR count). The van der Waals surface area contributed by atoms with Gasteiger partial charge in [0.05, 0.1) is 33.8 Å². The van der Waals surface area contributed by atoms with E-state index >= 15 is 0 Å². The first kappa shape index (κ1) is 16.9. The van der Waals surface area contributed by atoms with Crippen molar-refractivity contribution in [2.75, 3.05) is 0 Å². The van der Waals surface area contributed by atoms with Crippen molar-refractivity contribution in [3.8, 4) is 17.2 Å². The van der Waals surface area contributed by atoms with Crippen LogP contribution in [0.5, 0.6) is 0 Å². The molecule has 1 aromatic carbocycles. The van der Waals surface area contributed by atoms with E-state index in [1.54, 1.807) is 6.07 Å². The second-order valence-corrected chi connectivity index (χ2v) is 5.55. The van der Waals surface area contributed by atoms with Crippen molar-refractivity contribution in [3.05, 3.63) is 50.7 Å². The maximum absolute atomic E-state index is 13.1. The number of pyridine rings is 1. The molecule has 0 saturated carbocycles. The minimum Gasteiger partial charge on any atom is -0.259 e. The molecule has 0 amide bonds. The van der Waals surface area contributed by atoms with Gasteiger partial charge in [-0.3, -0.25) is 4.98 Å². The van der Waals surface area contributed by atoms with Crippen LogP contribution in [0.15, 0.2) is 24.4 Å². The van der Waals surface area contributed by atoms with Crippen LogP contribution in [0.2, 0.25) is 15.1 Å². The van der Waals surface area contributed by atoms with Gasteiger partial charge < -0.3 is 0 Å². The van der Waals surface area contributed by atoms with Crippen LogP contribution < -0.4 is 0 Å². The van der Waals surface area contributed by atoms with Crippen LogP contribution in [-0.2, 0) is 12.6 Å². The molecule has 1 aromatic heterocycles. The summed E-state index contributed by atoms with van der Waals surface area (Å²) < 4.78 is 39.3. The lowest BCUT2D eigenvalue weighted by Crippen LogP contribution is -2.11. The molecule has 0 unspecified atom stereocenters. The number of halogens is 6. The summed E-state index contributed by atoms with van der Waals surface area (Å²) in [7, 11) is 0. The number of aromatic nitrogens is 1. The fourth-order valence-corrected chi connectivity index (χ4v) is 2.94. The number of benzene rings is 1. The zero-order chi connectivity index (χ0) is 16.5. The third-order valence-electron chi connectivity index (χ3n) is 2.82. The quantitative estimate of drug-likeness (QED) is 0.675. The standard InChI is InChI=1S/C14H6Cl3F3N2/c15-8-4-10(16)13(11(17)5-8)7-3-9(14(18,19)20)12(1-2-21)22-6-7/h3-6H,1H2. The first-order chi connectivity index (χ1) is 10.2. The highest BCUT2D eigenvalue weighted by molar-refractivity contribution is 6.41. The fourth-order valence-electron chi connectivity index (χ4n) is 1.91. The molecule has 114 valence electrons. The van der Waals surface area contributed by atoms with Gasteiger partial charge in [-0.05, 0) is 18.2 Å². The molecule has 0 N–H and O–H groups in total. The highest BCUT2D eigenvalue weighted by atomic mass is 35.5. The van der Waals surface area contributed by atoms with Crippen molar-refractivity contribution in [1.82, 2.24) is 4.98 Å². The normalized spacial score (nSPS) is 11.3. The van der Waals surface area contributed by atoms with E-state index in [0.29, 0.717) is 0 Å². The highest BCUT2D eigenvalue weighted by Crippen LogP contribution is 2.40. The predicted molar refractivity (Wildman–Crippen MR) is 79.0 cm³/mol. The average molecular weight is 366 g/mol. The van der Waals surface area contributed by atoms with Crippen molar-refractivity contribution < 1.29 is 13.2 Å². The molecule has 0 spiro atoms. The summed E-state index contributed by atoms with van der Waals surface area (Å²) in [5, 5.41) is 9.09. The summed E-state index contributed by atoms with van der Waals surface area (Å²) in [6.45, 7) is 0. The minimum absolute atomic E-state index is 0.0979. The van der Waals surface area contributed by atoms with Crippen LogP contribution in [0.1, 0.15) is 11.3 Å². The van der Waals surface area contributed by atoms with Crippen LogP contribution >= 0.6 is 34.8 Å². The molecule has 2 aromatic rings. The summed E-state index contributed by atoms with van der Waals surface area (Å²) >= 11 is 17.8. The molecule has 1 heterocycles. The summed E-state index contributed by atoms with van der Waals surface area (Å²) in [5.74, 6) is 0. The smallest absolute Gasteiger partial charge is 0.259 e. The van der Waals surface area contributed by atoms with Gasteiger partial charge in [0.1, 0.15) is 0 Å². The molecular weight excluding hydrogens is 360 g/mol. The number of alkyl halides is 3. The van der Waals surface area contributed by atoms with E-state index in [9.17, 15) is 13.2 Å². The maximum Gasteiger partial charge on any atom is 0.418 e. The van der Waals surface area contributed by atoms with Gasteiger partial charge in [-0.15, -0.1) is 0 Å². The molecule has 22 heavy (non-hydrogen) atoms. The van der Waals surface area contributed by atoms with E-state index in [2.05, 4.69) is 4.98 Å². The Morgan fingerprint density at radius 1 is 1.09 bits per heavy atom.